The monoisotopic (exact) mass is 190 g/mol. The van der Waals surface area contributed by atoms with Crippen LogP contribution in [0, 0.1) is 0 Å². The molecule has 0 aliphatic rings. The van der Waals surface area contributed by atoms with Crippen molar-refractivity contribution in [1.82, 2.24) is 0 Å². The molecule has 0 unspecified atom stereocenters. The third kappa shape index (κ3) is 15.8. The van der Waals surface area contributed by atoms with Crippen LogP contribution in [0.3, 0.4) is 0 Å². The van der Waals surface area contributed by atoms with Crippen molar-refractivity contribution in [2.75, 3.05) is 0 Å². The normalized spacial score (nSPS) is 9.50. The van der Waals surface area contributed by atoms with Gasteiger partial charge in [-0.3, -0.25) is 0 Å². The van der Waals surface area contributed by atoms with E-state index in [1.807, 2.05) is 6.92 Å². The lowest BCUT2D eigenvalue weighted by Gasteiger charge is -1.98. The molecular weight excluding hydrogens is 182 g/mol. The average molecular weight is 192 g/mol. The minimum Gasteiger partial charge on any atom is -0.126 e. The lowest BCUT2D eigenvalue weighted by atomic mass is 11.0. The molecule has 0 saturated heterocycles. The predicted molar refractivity (Wildman–Crippen MR) is 45.0 cm³/mol. The molecule has 0 N–H and O–H groups in total. The first-order valence-electron chi connectivity index (χ1n) is 2.13. The van der Waals surface area contributed by atoms with E-state index in [-0.39, 0.29) is 0 Å². The standard InChI is InChI=1S/C2H5Cl3Si.C2H4/c1-2-6(3,4)5;1-2/h2H2,1H3;1-2H2. The van der Waals surface area contributed by atoms with Crippen molar-refractivity contribution in [3.63, 3.8) is 0 Å². The van der Waals surface area contributed by atoms with Crippen molar-refractivity contribution < 1.29 is 0 Å². The van der Waals surface area contributed by atoms with E-state index in [0.717, 1.165) is 0 Å². The lowest BCUT2D eigenvalue weighted by Crippen LogP contribution is -2.04. The van der Waals surface area contributed by atoms with Gasteiger partial charge in [0.05, 0.1) is 0 Å². The number of rotatable bonds is 1. The number of hydrogen-bond donors (Lipinski definition) is 0. The minimum atomic E-state index is -2.21. The second kappa shape index (κ2) is 5.95. The van der Waals surface area contributed by atoms with Crippen LogP contribution in [-0.4, -0.2) is 6.00 Å². The quantitative estimate of drug-likeness (QED) is 0.338. The Morgan fingerprint density at radius 2 is 1.38 bits per heavy atom. The summed E-state index contributed by atoms with van der Waals surface area (Å²) in [6, 6.07) is -1.51. The summed E-state index contributed by atoms with van der Waals surface area (Å²) in [4.78, 5) is 0. The second-order valence-corrected chi connectivity index (χ2v) is 10.5. The lowest BCUT2D eigenvalue weighted by molar-refractivity contribution is 1.46. The minimum absolute atomic E-state index is 0.706. The Balaban J connectivity index is 0. The fourth-order valence-electron chi connectivity index (χ4n) is 0. The highest BCUT2D eigenvalue weighted by atomic mass is 35.8. The molecular formula is C4H9Cl3Si. The summed E-state index contributed by atoms with van der Waals surface area (Å²) in [5, 5.41) is 0. The third-order valence-electron chi connectivity index (χ3n) is 0.401. The van der Waals surface area contributed by atoms with Gasteiger partial charge in [-0.15, -0.1) is 46.4 Å². The molecule has 0 atom stereocenters. The zero-order valence-electron chi connectivity index (χ0n) is 4.76. The van der Waals surface area contributed by atoms with Crippen molar-refractivity contribution in [1.29, 1.82) is 0 Å². The number of halogens is 3. The Morgan fingerprint density at radius 1 is 1.25 bits per heavy atom. The molecule has 50 valence electrons. The predicted octanol–water partition coefficient (Wildman–Crippen LogP) is 3.46. The molecule has 0 fully saturated rings. The van der Waals surface area contributed by atoms with Crippen molar-refractivity contribution in [2.24, 2.45) is 0 Å². The van der Waals surface area contributed by atoms with E-state index in [4.69, 9.17) is 33.2 Å². The Morgan fingerprint density at radius 3 is 1.38 bits per heavy atom. The summed E-state index contributed by atoms with van der Waals surface area (Å²) in [6.45, 7) is 7.87. The van der Waals surface area contributed by atoms with Crippen molar-refractivity contribution >= 4 is 39.2 Å². The molecule has 0 bridgehead atoms. The molecule has 0 aromatic rings. The molecule has 0 saturated carbocycles. The van der Waals surface area contributed by atoms with Crippen LogP contribution in [0.25, 0.3) is 0 Å². The van der Waals surface area contributed by atoms with Crippen LogP contribution >= 0.6 is 33.2 Å². The van der Waals surface area contributed by atoms with Gasteiger partial charge in [-0.2, -0.15) is 0 Å². The van der Waals surface area contributed by atoms with Crippen LogP contribution in [0.15, 0.2) is 13.2 Å². The highest BCUT2D eigenvalue weighted by molar-refractivity contribution is 7.64. The maximum Gasteiger partial charge on any atom is 0.341 e. The van der Waals surface area contributed by atoms with Gasteiger partial charge in [-0.05, 0) is 6.04 Å². The summed E-state index contributed by atoms with van der Waals surface area (Å²) in [7, 11) is 0. The van der Waals surface area contributed by atoms with Crippen LogP contribution < -0.4 is 0 Å². The summed E-state index contributed by atoms with van der Waals surface area (Å²) in [5.74, 6) is 0. The molecule has 8 heavy (non-hydrogen) atoms. The Kier molecular flexibility index (Phi) is 8.64. The molecule has 0 nitrogen and oxygen atoms in total. The van der Waals surface area contributed by atoms with Gasteiger partial charge in [-0.25, -0.2) is 0 Å². The smallest absolute Gasteiger partial charge is 0.126 e. The largest absolute Gasteiger partial charge is 0.341 e. The molecule has 0 spiro atoms. The van der Waals surface area contributed by atoms with E-state index in [2.05, 4.69) is 13.2 Å². The highest BCUT2D eigenvalue weighted by Crippen LogP contribution is 2.23. The van der Waals surface area contributed by atoms with E-state index < -0.39 is 6.00 Å². The zero-order valence-corrected chi connectivity index (χ0v) is 8.02. The fraction of sp³-hybridized carbons (Fsp3) is 0.500. The second-order valence-electron chi connectivity index (χ2n) is 0.969. The van der Waals surface area contributed by atoms with E-state index in [1.165, 1.54) is 0 Å². The maximum absolute atomic E-state index is 5.39. The summed E-state index contributed by atoms with van der Waals surface area (Å²) in [6.07, 6.45) is 0. The zero-order chi connectivity index (χ0) is 7.21. The third-order valence-corrected chi connectivity index (χ3v) is 3.61. The van der Waals surface area contributed by atoms with Crippen LogP contribution in [0.5, 0.6) is 0 Å². The molecule has 0 aromatic heterocycles. The Hall–Kier alpha value is 0.827. The van der Waals surface area contributed by atoms with E-state index in [0.29, 0.717) is 6.04 Å². The molecule has 0 aliphatic carbocycles. The first kappa shape index (κ1) is 11.6. The Labute approximate surface area is 65.6 Å². The molecule has 0 heterocycles. The van der Waals surface area contributed by atoms with Gasteiger partial charge in [-0.1, -0.05) is 6.92 Å². The van der Waals surface area contributed by atoms with E-state index >= 15 is 0 Å². The SMILES string of the molecule is C=C.CC[Si](Cl)(Cl)Cl. The van der Waals surface area contributed by atoms with Gasteiger partial charge < -0.3 is 0 Å². The summed E-state index contributed by atoms with van der Waals surface area (Å²) in [5.41, 5.74) is 0. The Bertz CT molecular complexity index is 49.7. The summed E-state index contributed by atoms with van der Waals surface area (Å²) >= 11 is 16.2. The maximum atomic E-state index is 5.39. The van der Waals surface area contributed by atoms with Crippen LogP contribution in [0.2, 0.25) is 6.04 Å². The fourth-order valence-corrected chi connectivity index (χ4v) is 0. The van der Waals surface area contributed by atoms with E-state index in [1.54, 1.807) is 0 Å². The van der Waals surface area contributed by atoms with Crippen LogP contribution in [-0.2, 0) is 0 Å². The molecule has 0 amide bonds. The van der Waals surface area contributed by atoms with Gasteiger partial charge >= 0.3 is 6.00 Å². The molecule has 0 aromatic carbocycles. The number of hydrogen-bond acceptors (Lipinski definition) is 0. The van der Waals surface area contributed by atoms with Crippen LogP contribution in [0.1, 0.15) is 6.92 Å². The van der Waals surface area contributed by atoms with Crippen molar-refractivity contribution in [2.45, 2.75) is 13.0 Å². The first-order valence-corrected chi connectivity index (χ1v) is 7.37. The molecule has 0 rings (SSSR count). The summed E-state index contributed by atoms with van der Waals surface area (Å²) < 4.78 is 0. The van der Waals surface area contributed by atoms with Gasteiger partial charge in [0.2, 0.25) is 0 Å². The molecule has 4 heteroatoms. The van der Waals surface area contributed by atoms with Gasteiger partial charge in [0.1, 0.15) is 0 Å². The van der Waals surface area contributed by atoms with E-state index in [9.17, 15) is 0 Å². The van der Waals surface area contributed by atoms with Gasteiger partial charge in [0, 0.05) is 0 Å². The molecule has 0 radical (unpaired) electrons. The first-order chi connectivity index (χ1) is 3.56. The van der Waals surface area contributed by atoms with Gasteiger partial charge in [0.25, 0.3) is 0 Å². The van der Waals surface area contributed by atoms with Crippen molar-refractivity contribution in [3.8, 4) is 0 Å². The molecule has 0 aliphatic heterocycles. The average Bonchev–Trinajstić information content (AvgIpc) is 1.71. The van der Waals surface area contributed by atoms with Crippen molar-refractivity contribution in [3.05, 3.63) is 13.2 Å². The topological polar surface area (TPSA) is 0 Å². The van der Waals surface area contributed by atoms with Crippen LogP contribution in [0.4, 0.5) is 0 Å². The highest BCUT2D eigenvalue weighted by Gasteiger charge is 2.20. The van der Waals surface area contributed by atoms with Gasteiger partial charge in [0.15, 0.2) is 0 Å².